The fourth-order valence-electron chi connectivity index (χ4n) is 7.87. The van der Waals surface area contributed by atoms with E-state index in [0.717, 1.165) is 18.8 Å². The molecular formula is C34H54O. The van der Waals surface area contributed by atoms with Gasteiger partial charge in [-0.15, -0.1) is 0 Å². The summed E-state index contributed by atoms with van der Waals surface area (Å²) >= 11 is 0. The van der Waals surface area contributed by atoms with E-state index < -0.39 is 5.60 Å². The molecule has 0 spiro atoms. The Kier molecular flexibility index (Phi) is 8.52. The lowest BCUT2D eigenvalue weighted by atomic mass is 9.48. The molecule has 35 heavy (non-hydrogen) atoms. The lowest BCUT2D eigenvalue weighted by Crippen LogP contribution is -2.48. The summed E-state index contributed by atoms with van der Waals surface area (Å²) < 4.78 is 0. The molecule has 1 N–H and O–H groups in total. The lowest BCUT2D eigenvalue weighted by Gasteiger charge is -2.56. The molecule has 0 aliphatic heterocycles. The lowest BCUT2D eigenvalue weighted by molar-refractivity contribution is -0.0219. The molecule has 0 aromatic heterocycles. The molecule has 6 atom stereocenters. The molecule has 0 saturated heterocycles. The predicted octanol–water partition coefficient (Wildman–Crippen LogP) is 9.76. The van der Waals surface area contributed by atoms with Gasteiger partial charge in [0.15, 0.2) is 0 Å². The number of hydrogen-bond acceptors (Lipinski definition) is 1. The van der Waals surface area contributed by atoms with E-state index >= 15 is 0 Å². The van der Waals surface area contributed by atoms with Gasteiger partial charge in [-0.3, -0.25) is 0 Å². The maximum absolute atomic E-state index is 10.6. The van der Waals surface area contributed by atoms with Crippen LogP contribution in [0, 0.1) is 34.0 Å². The Hall–Kier alpha value is -1.34. The highest BCUT2D eigenvalue weighted by Gasteiger charge is 2.63. The van der Waals surface area contributed by atoms with Crippen LogP contribution in [0.3, 0.4) is 0 Å². The van der Waals surface area contributed by atoms with Crippen molar-refractivity contribution >= 4 is 0 Å². The second-order valence-electron chi connectivity index (χ2n) is 13.1. The van der Waals surface area contributed by atoms with Gasteiger partial charge in [-0.05, 0) is 103 Å². The molecule has 3 aliphatic carbocycles. The number of fused-ring (bicyclic) bond motifs is 1. The standard InChI is InChI=1S/C34H54O/c1-10-34(35,11-2)20-13-12-15-27(5)31(7)21-22-32(8)30(16-14-19-33(31,32)9)18-17-29-24-25(3)23-26(4)28(29)6/h12-13,15,17-18,20,25-27,35H,6,10-11,14,16,19,21-24H2,1-5,7-9H3/b15-12+,20-13+,29-17-,30-18+/t25-,26-,27+,31+,32-,33+/m0/s1. The van der Waals surface area contributed by atoms with E-state index in [-0.39, 0.29) is 16.2 Å². The summed E-state index contributed by atoms with van der Waals surface area (Å²) in [6.45, 7) is 23.4. The van der Waals surface area contributed by atoms with E-state index in [4.69, 9.17) is 0 Å². The Labute approximate surface area is 217 Å². The molecule has 196 valence electrons. The summed E-state index contributed by atoms with van der Waals surface area (Å²) in [4.78, 5) is 0. The van der Waals surface area contributed by atoms with Gasteiger partial charge in [0.1, 0.15) is 0 Å². The van der Waals surface area contributed by atoms with Crippen LogP contribution >= 0.6 is 0 Å². The Morgan fingerprint density at radius 1 is 1.06 bits per heavy atom. The second kappa shape index (κ2) is 10.6. The molecule has 3 saturated carbocycles. The zero-order valence-corrected chi connectivity index (χ0v) is 24.2. The van der Waals surface area contributed by atoms with Gasteiger partial charge in [0.2, 0.25) is 0 Å². The SMILES string of the molecule is C=C1/C(=C\C=C2/CCC[C@@]3(C)[C@@]2(C)CC[C@]3(C)[C@H](C)/C=C/C=C/C(O)(CC)CC)C[C@@H](C)C[C@@H]1C. The van der Waals surface area contributed by atoms with Crippen LogP contribution in [0.1, 0.15) is 113 Å². The zero-order valence-electron chi connectivity index (χ0n) is 24.2. The highest BCUT2D eigenvalue weighted by Crippen LogP contribution is 2.72. The quantitative estimate of drug-likeness (QED) is 0.361. The third kappa shape index (κ3) is 5.09. The van der Waals surface area contributed by atoms with Gasteiger partial charge >= 0.3 is 0 Å². The predicted molar refractivity (Wildman–Crippen MR) is 153 cm³/mol. The molecule has 1 heteroatoms. The minimum absolute atomic E-state index is 0.257. The van der Waals surface area contributed by atoms with Crippen LogP contribution in [0.15, 0.2) is 59.8 Å². The average molecular weight is 479 g/mol. The highest BCUT2D eigenvalue weighted by atomic mass is 16.3. The fourth-order valence-corrected chi connectivity index (χ4v) is 7.87. The molecule has 3 rings (SSSR count). The molecule has 0 heterocycles. The maximum Gasteiger partial charge on any atom is 0.0825 e. The molecule has 0 aromatic rings. The largest absolute Gasteiger partial charge is 0.386 e. The smallest absolute Gasteiger partial charge is 0.0825 e. The molecule has 0 aromatic carbocycles. The fraction of sp³-hybridized carbons (Fsp3) is 0.706. The van der Waals surface area contributed by atoms with Crippen LogP contribution in [0.4, 0.5) is 0 Å². The number of aliphatic hydroxyl groups is 1. The third-order valence-corrected chi connectivity index (χ3v) is 11.4. The van der Waals surface area contributed by atoms with Crippen LogP contribution in [0.25, 0.3) is 0 Å². The van der Waals surface area contributed by atoms with Gasteiger partial charge in [0, 0.05) is 0 Å². The van der Waals surface area contributed by atoms with Crippen molar-refractivity contribution in [3.63, 3.8) is 0 Å². The van der Waals surface area contributed by atoms with Crippen LogP contribution in [-0.4, -0.2) is 10.7 Å². The highest BCUT2D eigenvalue weighted by molar-refractivity contribution is 5.39. The first kappa shape index (κ1) is 28.2. The van der Waals surface area contributed by atoms with E-state index in [9.17, 15) is 5.11 Å². The normalized spacial score (nSPS) is 39.7. The van der Waals surface area contributed by atoms with E-state index in [1.54, 1.807) is 5.57 Å². The van der Waals surface area contributed by atoms with Crippen molar-refractivity contribution < 1.29 is 5.11 Å². The van der Waals surface area contributed by atoms with Crippen molar-refractivity contribution in [1.29, 1.82) is 0 Å². The van der Waals surface area contributed by atoms with E-state index in [2.05, 4.69) is 92.3 Å². The Balaban J connectivity index is 1.85. The van der Waals surface area contributed by atoms with Gasteiger partial charge in [0.05, 0.1) is 5.60 Å². The second-order valence-corrected chi connectivity index (χ2v) is 13.1. The first-order valence-corrected chi connectivity index (χ1v) is 14.5. The molecule has 0 radical (unpaired) electrons. The third-order valence-electron chi connectivity index (χ3n) is 11.4. The molecule has 3 fully saturated rings. The molecule has 1 nitrogen and oxygen atoms in total. The topological polar surface area (TPSA) is 20.2 Å². The Morgan fingerprint density at radius 3 is 2.40 bits per heavy atom. The van der Waals surface area contributed by atoms with Crippen molar-refractivity contribution in [1.82, 2.24) is 0 Å². The van der Waals surface area contributed by atoms with Crippen molar-refractivity contribution in [3.05, 3.63) is 59.8 Å². The van der Waals surface area contributed by atoms with E-state index in [1.165, 1.54) is 56.1 Å². The molecule has 0 bridgehead atoms. The van der Waals surface area contributed by atoms with Crippen molar-refractivity contribution in [3.8, 4) is 0 Å². The van der Waals surface area contributed by atoms with Gasteiger partial charge in [-0.1, -0.05) is 104 Å². The van der Waals surface area contributed by atoms with Gasteiger partial charge in [-0.25, -0.2) is 0 Å². The minimum Gasteiger partial charge on any atom is -0.386 e. The van der Waals surface area contributed by atoms with Gasteiger partial charge < -0.3 is 5.11 Å². The summed E-state index contributed by atoms with van der Waals surface area (Å²) in [6, 6.07) is 0. The van der Waals surface area contributed by atoms with Crippen molar-refractivity contribution in [2.24, 2.45) is 34.0 Å². The number of allylic oxidation sites excluding steroid dienone is 8. The van der Waals surface area contributed by atoms with Crippen LogP contribution in [0.5, 0.6) is 0 Å². The monoisotopic (exact) mass is 478 g/mol. The summed E-state index contributed by atoms with van der Waals surface area (Å²) in [6.07, 6.45) is 24.0. The Bertz CT molecular complexity index is 896. The Morgan fingerprint density at radius 2 is 1.74 bits per heavy atom. The molecule has 3 aliphatic rings. The maximum atomic E-state index is 10.6. The van der Waals surface area contributed by atoms with Crippen LogP contribution in [0.2, 0.25) is 0 Å². The number of rotatable bonds is 7. The van der Waals surface area contributed by atoms with Crippen molar-refractivity contribution in [2.45, 2.75) is 119 Å². The van der Waals surface area contributed by atoms with Gasteiger partial charge in [0.25, 0.3) is 0 Å². The van der Waals surface area contributed by atoms with E-state index in [0.29, 0.717) is 11.8 Å². The number of hydrogen-bond donors (Lipinski definition) is 1. The van der Waals surface area contributed by atoms with E-state index in [1.807, 2.05) is 6.08 Å². The van der Waals surface area contributed by atoms with Crippen molar-refractivity contribution in [2.75, 3.05) is 0 Å². The summed E-state index contributed by atoms with van der Waals surface area (Å²) in [7, 11) is 0. The first-order valence-electron chi connectivity index (χ1n) is 14.5. The zero-order chi connectivity index (χ0) is 26.1. The van der Waals surface area contributed by atoms with Crippen LogP contribution in [-0.2, 0) is 0 Å². The van der Waals surface area contributed by atoms with Crippen LogP contribution < -0.4 is 0 Å². The summed E-state index contributed by atoms with van der Waals surface area (Å²) in [5.74, 6) is 1.86. The minimum atomic E-state index is -0.674. The molecule has 0 amide bonds. The molecular weight excluding hydrogens is 424 g/mol. The summed E-state index contributed by atoms with van der Waals surface area (Å²) in [5, 5.41) is 10.6. The summed E-state index contributed by atoms with van der Waals surface area (Å²) in [5.41, 5.74) is 4.66. The average Bonchev–Trinajstić information content (AvgIpc) is 3.05. The van der Waals surface area contributed by atoms with Gasteiger partial charge in [-0.2, -0.15) is 0 Å². The molecule has 0 unspecified atom stereocenters. The first-order chi connectivity index (χ1) is 16.4.